The van der Waals surface area contributed by atoms with Crippen molar-refractivity contribution >= 4 is 39.8 Å². The van der Waals surface area contributed by atoms with Crippen molar-refractivity contribution in [3.8, 4) is 0 Å². The Morgan fingerprint density at radius 3 is 2.96 bits per heavy atom. The number of aromatic nitrogens is 4. The molecule has 0 radical (unpaired) electrons. The summed E-state index contributed by atoms with van der Waals surface area (Å²) < 4.78 is 5.27. The van der Waals surface area contributed by atoms with E-state index < -0.39 is 0 Å². The fourth-order valence-corrected chi connectivity index (χ4v) is 3.12. The number of benzene rings is 1. The third kappa shape index (κ3) is 3.67. The number of para-hydroxylation sites is 1. The Balaban J connectivity index is 1.68. The minimum Gasteiger partial charge on any atom is -0.465 e. The summed E-state index contributed by atoms with van der Waals surface area (Å²) in [4.78, 5) is 19.7. The van der Waals surface area contributed by atoms with Crippen LogP contribution in [0.3, 0.4) is 0 Å². The zero-order valence-corrected chi connectivity index (χ0v) is 14.6. The summed E-state index contributed by atoms with van der Waals surface area (Å²) in [5.41, 5.74) is 2.39. The first-order chi connectivity index (χ1) is 11.7. The summed E-state index contributed by atoms with van der Waals surface area (Å²) in [7, 11) is 0. The van der Waals surface area contributed by atoms with Gasteiger partial charge in [0.1, 0.15) is 10.8 Å². The van der Waals surface area contributed by atoms with E-state index >= 15 is 0 Å². The molecule has 1 aromatic carbocycles. The van der Waals surface area contributed by atoms with Gasteiger partial charge in [-0.1, -0.05) is 49.7 Å². The van der Waals surface area contributed by atoms with Crippen LogP contribution < -0.4 is 0 Å². The second-order valence-corrected chi connectivity index (χ2v) is 6.90. The standard InChI is InChI=1S/C17H20N4O2S/c1-3-4-7-10-23-16(22)11(2)24-17-19-15-14(20-21-17)12-8-5-6-9-13(12)18-15/h5-6,8-9,11H,3-4,7,10H2,1-2H3,(H,18,19,21). The predicted octanol–water partition coefficient (Wildman–Crippen LogP) is 3.72. The molecule has 0 amide bonds. The average molecular weight is 344 g/mol. The number of thioether (sulfide) groups is 1. The first-order valence-electron chi connectivity index (χ1n) is 8.13. The van der Waals surface area contributed by atoms with Gasteiger partial charge >= 0.3 is 5.97 Å². The molecule has 0 aliphatic carbocycles. The van der Waals surface area contributed by atoms with Gasteiger partial charge in [0, 0.05) is 10.9 Å². The highest BCUT2D eigenvalue weighted by Gasteiger charge is 2.18. The Bertz CT molecular complexity index is 849. The summed E-state index contributed by atoms with van der Waals surface area (Å²) in [6, 6.07) is 7.86. The van der Waals surface area contributed by atoms with Crippen LogP contribution in [-0.2, 0) is 9.53 Å². The van der Waals surface area contributed by atoms with Crippen molar-refractivity contribution in [2.75, 3.05) is 6.61 Å². The van der Waals surface area contributed by atoms with E-state index in [0.717, 1.165) is 35.7 Å². The second-order valence-electron chi connectivity index (χ2n) is 5.60. The molecule has 0 aliphatic rings. The fourth-order valence-electron chi connectivity index (χ4n) is 2.40. The number of rotatable bonds is 7. The van der Waals surface area contributed by atoms with Gasteiger partial charge in [0.2, 0.25) is 5.16 Å². The number of ether oxygens (including phenoxy) is 1. The number of hydrogen-bond acceptors (Lipinski definition) is 6. The summed E-state index contributed by atoms with van der Waals surface area (Å²) in [5.74, 6) is -0.239. The second kappa shape index (κ2) is 7.61. The lowest BCUT2D eigenvalue weighted by molar-refractivity contribution is -0.142. The molecular weight excluding hydrogens is 324 g/mol. The zero-order chi connectivity index (χ0) is 16.9. The molecule has 7 heteroatoms. The lowest BCUT2D eigenvalue weighted by Crippen LogP contribution is -2.18. The van der Waals surface area contributed by atoms with Crippen LogP contribution in [0.1, 0.15) is 33.1 Å². The summed E-state index contributed by atoms with van der Waals surface area (Å²) in [6.45, 7) is 4.38. The Labute approximate surface area is 144 Å². The molecule has 0 saturated carbocycles. The van der Waals surface area contributed by atoms with Crippen LogP contribution in [0.4, 0.5) is 0 Å². The molecule has 2 heterocycles. The van der Waals surface area contributed by atoms with E-state index in [1.165, 1.54) is 11.8 Å². The van der Waals surface area contributed by atoms with E-state index in [1.807, 2.05) is 24.3 Å². The lowest BCUT2D eigenvalue weighted by Gasteiger charge is -2.09. The number of carbonyl (C=O) groups is 1. The first kappa shape index (κ1) is 16.7. The number of unbranched alkanes of at least 4 members (excludes halogenated alkanes) is 2. The molecule has 0 fully saturated rings. The number of nitrogens with one attached hydrogen (secondary N) is 1. The van der Waals surface area contributed by atoms with Crippen LogP contribution >= 0.6 is 11.8 Å². The van der Waals surface area contributed by atoms with Gasteiger partial charge in [0.05, 0.1) is 6.61 Å². The van der Waals surface area contributed by atoms with Crippen molar-refractivity contribution < 1.29 is 9.53 Å². The van der Waals surface area contributed by atoms with Gasteiger partial charge in [-0.2, -0.15) is 0 Å². The Morgan fingerprint density at radius 2 is 2.12 bits per heavy atom. The Morgan fingerprint density at radius 1 is 1.29 bits per heavy atom. The van der Waals surface area contributed by atoms with Crippen LogP contribution in [0.25, 0.3) is 22.1 Å². The van der Waals surface area contributed by atoms with Crippen LogP contribution in [0.5, 0.6) is 0 Å². The van der Waals surface area contributed by atoms with Gasteiger partial charge in [-0.05, 0) is 19.4 Å². The first-order valence-corrected chi connectivity index (χ1v) is 9.01. The SMILES string of the molecule is CCCCCOC(=O)C(C)Sc1nnc2c(n1)[nH]c1ccccc12. The molecule has 6 nitrogen and oxygen atoms in total. The molecule has 1 unspecified atom stereocenters. The van der Waals surface area contributed by atoms with Crippen molar-refractivity contribution in [2.45, 2.75) is 43.5 Å². The van der Waals surface area contributed by atoms with E-state index in [0.29, 0.717) is 17.4 Å². The molecule has 24 heavy (non-hydrogen) atoms. The molecule has 0 bridgehead atoms. The van der Waals surface area contributed by atoms with Crippen molar-refractivity contribution in [2.24, 2.45) is 0 Å². The maximum atomic E-state index is 12.0. The van der Waals surface area contributed by atoms with Gasteiger partial charge in [-0.3, -0.25) is 4.79 Å². The summed E-state index contributed by atoms with van der Waals surface area (Å²) >= 11 is 1.26. The molecule has 1 N–H and O–H groups in total. The van der Waals surface area contributed by atoms with E-state index in [1.54, 1.807) is 6.92 Å². The maximum absolute atomic E-state index is 12.0. The number of hydrogen-bond donors (Lipinski definition) is 1. The van der Waals surface area contributed by atoms with E-state index in [-0.39, 0.29) is 11.2 Å². The highest BCUT2D eigenvalue weighted by atomic mass is 32.2. The molecule has 3 rings (SSSR count). The smallest absolute Gasteiger partial charge is 0.319 e. The van der Waals surface area contributed by atoms with Crippen molar-refractivity contribution in [1.29, 1.82) is 0 Å². The minimum absolute atomic E-state index is 0.239. The molecule has 0 spiro atoms. The third-order valence-corrected chi connectivity index (χ3v) is 4.64. The van der Waals surface area contributed by atoms with Crippen molar-refractivity contribution in [3.63, 3.8) is 0 Å². The molecule has 1 atom stereocenters. The topological polar surface area (TPSA) is 80.8 Å². The van der Waals surface area contributed by atoms with Gasteiger partial charge in [0.25, 0.3) is 0 Å². The van der Waals surface area contributed by atoms with Gasteiger partial charge < -0.3 is 9.72 Å². The van der Waals surface area contributed by atoms with Crippen LogP contribution in [0.15, 0.2) is 29.4 Å². The zero-order valence-electron chi connectivity index (χ0n) is 13.8. The number of fused-ring (bicyclic) bond motifs is 3. The number of esters is 1. The monoisotopic (exact) mass is 344 g/mol. The molecule has 2 aromatic heterocycles. The van der Waals surface area contributed by atoms with Gasteiger partial charge in [-0.15, -0.1) is 10.2 Å². The molecular formula is C17H20N4O2S. The average Bonchev–Trinajstić information content (AvgIpc) is 2.96. The molecule has 0 aliphatic heterocycles. The highest BCUT2D eigenvalue weighted by Crippen LogP contribution is 2.25. The van der Waals surface area contributed by atoms with Gasteiger partial charge in [-0.25, -0.2) is 4.98 Å². The molecule has 126 valence electrons. The number of nitrogens with zero attached hydrogens (tertiary/aromatic N) is 3. The van der Waals surface area contributed by atoms with Crippen LogP contribution in [0.2, 0.25) is 0 Å². The largest absolute Gasteiger partial charge is 0.465 e. The number of H-pyrrole nitrogens is 1. The summed E-state index contributed by atoms with van der Waals surface area (Å²) in [5, 5.41) is 9.48. The number of aromatic amines is 1. The van der Waals surface area contributed by atoms with Crippen molar-refractivity contribution in [3.05, 3.63) is 24.3 Å². The normalized spacial score (nSPS) is 12.6. The third-order valence-electron chi connectivity index (χ3n) is 3.71. The highest BCUT2D eigenvalue weighted by molar-refractivity contribution is 8.00. The predicted molar refractivity (Wildman–Crippen MR) is 95.0 cm³/mol. The van der Waals surface area contributed by atoms with Gasteiger partial charge in [0.15, 0.2) is 5.65 Å². The Kier molecular flexibility index (Phi) is 5.30. The number of carbonyl (C=O) groups excluding carboxylic acids is 1. The minimum atomic E-state index is -0.366. The molecule has 0 saturated heterocycles. The van der Waals surface area contributed by atoms with E-state index in [2.05, 4.69) is 27.1 Å². The summed E-state index contributed by atoms with van der Waals surface area (Å²) in [6.07, 6.45) is 3.07. The van der Waals surface area contributed by atoms with Crippen LogP contribution in [0, 0.1) is 0 Å². The fraction of sp³-hybridized carbons (Fsp3) is 0.412. The van der Waals surface area contributed by atoms with Crippen LogP contribution in [-0.4, -0.2) is 38.0 Å². The molecule has 3 aromatic rings. The van der Waals surface area contributed by atoms with E-state index in [9.17, 15) is 4.79 Å². The Hall–Kier alpha value is -2.15. The van der Waals surface area contributed by atoms with E-state index in [4.69, 9.17) is 4.74 Å². The quantitative estimate of drug-likeness (QED) is 0.400. The van der Waals surface area contributed by atoms with Crippen molar-refractivity contribution in [1.82, 2.24) is 20.2 Å². The maximum Gasteiger partial charge on any atom is 0.319 e. The lowest BCUT2D eigenvalue weighted by atomic mass is 10.2.